The molecule has 0 aliphatic heterocycles. The summed E-state index contributed by atoms with van der Waals surface area (Å²) in [7, 11) is 0. The van der Waals surface area contributed by atoms with Crippen molar-refractivity contribution in [3.05, 3.63) is 34.9 Å². The molecule has 0 aliphatic carbocycles. The first-order chi connectivity index (χ1) is 7.71. The predicted octanol–water partition coefficient (Wildman–Crippen LogP) is 3.58. The standard InChI is InChI=1S/C10H9ClF5N/c11-8-3-1-7(2-4-8)9(12,13)5-17-6-10(14,15)16/h1-4,17H,5-6H2. The van der Waals surface area contributed by atoms with Gasteiger partial charge in [0.05, 0.1) is 13.1 Å². The largest absolute Gasteiger partial charge is 0.401 e. The van der Waals surface area contributed by atoms with E-state index in [1.807, 2.05) is 0 Å². The first kappa shape index (κ1) is 14.2. The molecule has 1 N–H and O–H groups in total. The Kier molecular flexibility index (Phi) is 4.32. The summed E-state index contributed by atoms with van der Waals surface area (Å²) >= 11 is 5.52. The Morgan fingerprint density at radius 1 is 0.941 bits per heavy atom. The van der Waals surface area contributed by atoms with Gasteiger partial charge >= 0.3 is 6.18 Å². The third kappa shape index (κ3) is 4.87. The Labute approximate surface area is 99.6 Å². The van der Waals surface area contributed by atoms with Crippen LogP contribution in [0.1, 0.15) is 5.56 Å². The molecule has 0 spiro atoms. The average Bonchev–Trinajstić information content (AvgIpc) is 2.15. The maximum absolute atomic E-state index is 13.4. The smallest absolute Gasteiger partial charge is 0.303 e. The van der Waals surface area contributed by atoms with Gasteiger partial charge in [0.2, 0.25) is 0 Å². The minimum Gasteiger partial charge on any atom is -0.303 e. The number of benzene rings is 1. The summed E-state index contributed by atoms with van der Waals surface area (Å²) in [5.74, 6) is -3.37. The van der Waals surface area contributed by atoms with Gasteiger partial charge < -0.3 is 5.32 Å². The van der Waals surface area contributed by atoms with Gasteiger partial charge in [0, 0.05) is 10.6 Å². The molecular weight excluding hydrogens is 265 g/mol. The fourth-order valence-electron chi connectivity index (χ4n) is 1.16. The lowest BCUT2D eigenvalue weighted by Gasteiger charge is -2.18. The molecule has 96 valence electrons. The fourth-order valence-corrected chi connectivity index (χ4v) is 1.28. The molecule has 0 saturated heterocycles. The molecule has 1 aromatic rings. The van der Waals surface area contributed by atoms with Crippen LogP contribution < -0.4 is 5.32 Å². The third-order valence-electron chi connectivity index (χ3n) is 1.94. The normalized spacial score (nSPS) is 12.8. The summed E-state index contributed by atoms with van der Waals surface area (Å²) < 4.78 is 62.1. The zero-order chi connectivity index (χ0) is 13.1. The molecule has 1 aromatic carbocycles. The van der Waals surface area contributed by atoms with E-state index >= 15 is 0 Å². The molecule has 0 fully saturated rings. The highest BCUT2D eigenvalue weighted by molar-refractivity contribution is 6.30. The van der Waals surface area contributed by atoms with Crippen molar-refractivity contribution in [2.45, 2.75) is 12.1 Å². The first-order valence-corrected chi connectivity index (χ1v) is 5.00. The van der Waals surface area contributed by atoms with Crippen LogP contribution in [-0.2, 0) is 5.92 Å². The summed E-state index contributed by atoms with van der Waals surface area (Å²) in [5.41, 5.74) is -0.378. The zero-order valence-corrected chi connectivity index (χ0v) is 9.25. The van der Waals surface area contributed by atoms with Crippen molar-refractivity contribution in [2.75, 3.05) is 13.1 Å². The topological polar surface area (TPSA) is 12.0 Å². The number of nitrogens with one attached hydrogen (secondary N) is 1. The van der Waals surface area contributed by atoms with E-state index in [-0.39, 0.29) is 10.6 Å². The van der Waals surface area contributed by atoms with Crippen LogP contribution in [0.25, 0.3) is 0 Å². The van der Waals surface area contributed by atoms with Crippen molar-refractivity contribution in [3.63, 3.8) is 0 Å². The second kappa shape index (κ2) is 5.18. The van der Waals surface area contributed by atoms with E-state index in [2.05, 4.69) is 0 Å². The second-order valence-electron chi connectivity index (χ2n) is 3.43. The van der Waals surface area contributed by atoms with Crippen molar-refractivity contribution in [2.24, 2.45) is 0 Å². The summed E-state index contributed by atoms with van der Waals surface area (Å²) in [6.07, 6.45) is -4.50. The Morgan fingerprint density at radius 2 is 1.47 bits per heavy atom. The molecule has 0 bridgehead atoms. The molecule has 17 heavy (non-hydrogen) atoms. The van der Waals surface area contributed by atoms with Gasteiger partial charge in [-0.15, -0.1) is 0 Å². The summed E-state index contributed by atoms with van der Waals surface area (Å²) in [4.78, 5) is 0. The molecule has 0 aliphatic rings. The van der Waals surface area contributed by atoms with E-state index in [0.717, 1.165) is 12.1 Å². The molecule has 1 rings (SSSR count). The fraction of sp³-hybridized carbons (Fsp3) is 0.400. The van der Waals surface area contributed by atoms with Crippen LogP contribution in [0.15, 0.2) is 24.3 Å². The number of alkyl halides is 5. The van der Waals surface area contributed by atoms with E-state index in [4.69, 9.17) is 11.6 Å². The van der Waals surface area contributed by atoms with Crippen molar-refractivity contribution < 1.29 is 22.0 Å². The second-order valence-corrected chi connectivity index (χ2v) is 3.87. The SMILES string of the molecule is FC(F)(F)CNCC(F)(F)c1ccc(Cl)cc1. The molecular formula is C10H9ClF5N. The van der Waals surface area contributed by atoms with E-state index in [1.165, 1.54) is 12.1 Å². The third-order valence-corrected chi connectivity index (χ3v) is 2.19. The van der Waals surface area contributed by atoms with Gasteiger partial charge in [0.15, 0.2) is 0 Å². The maximum Gasteiger partial charge on any atom is 0.401 e. The van der Waals surface area contributed by atoms with E-state index < -0.39 is 25.2 Å². The highest BCUT2D eigenvalue weighted by Crippen LogP contribution is 2.28. The Hall–Kier alpha value is -0.880. The van der Waals surface area contributed by atoms with E-state index in [0.29, 0.717) is 0 Å². The van der Waals surface area contributed by atoms with Crippen molar-refractivity contribution in [1.29, 1.82) is 0 Å². The Morgan fingerprint density at radius 3 is 1.94 bits per heavy atom. The van der Waals surface area contributed by atoms with Crippen molar-refractivity contribution >= 4 is 11.6 Å². The van der Waals surface area contributed by atoms with Crippen molar-refractivity contribution in [1.82, 2.24) is 5.32 Å². The lowest BCUT2D eigenvalue weighted by atomic mass is 10.1. The van der Waals surface area contributed by atoms with Crippen molar-refractivity contribution in [3.8, 4) is 0 Å². The number of rotatable bonds is 4. The van der Waals surface area contributed by atoms with Gasteiger partial charge in [0.1, 0.15) is 0 Å². The Bertz CT molecular complexity index is 360. The summed E-state index contributed by atoms with van der Waals surface area (Å²) in [5, 5.41) is 1.96. The summed E-state index contributed by atoms with van der Waals surface area (Å²) in [6, 6.07) is 4.68. The van der Waals surface area contributed by atoms with Crippen LogP contribution in [0.5, 0.6) is 0 Å². The minimum atomic E-state index is -4.50. The molecule has 0 heterocycles. The van der Waals surface area contributed by atoms with Gasteiger partial charge in [-0.2, -0.15) is 22.0 Å². The number of halogens is 6. The van der Waals surface area contributed by atoms with Gasteiger partial charge in [-0.05, 0) is 12.1 Å². The van der Waals surface area contributed by atoms with Crippen LogP contribution in [0.3, 0.4) is 0 Å². The predicted molar refractivity (Wildman–Crippen MR) is 54.3 cm³/mol. The number of hydrogen-bond donors (Lipinski definition) is 1. The molecule has 0 unspecified atom stereocenters. The lowest BCUT2D eigenvalue weighted by Crippen LogP contribution is -2.36. The maximum atomic E-state index is 13.4. The van der Waals surface area contributed by atoms with Gasteiger partial charge in [-0.25, -0.2) is 0 Å². The van der Waals surface area contributed by atoms with Gasteiger partial charge in [0.25, 0.3) is 5.92 Å². The lowest BCUT2D eigenvalue weighted by molar-refractivity contribution is -0.128. The molecule has 0 saturated carbocycles. The first-order valence-electron chi connectivity index (χ1n) is 4.62. The molecule has 0 radical (unpaired) electrons. The van der Waals surface area contributed by atoms with Crippen LogP contribution in [0.2, 0.25) is 5.02 Å². The van der Waals surface area contributed by atoms with E-state index in [1.54, 1.807) is 5.32 Å². The van der Waals surface area contributed by atoms with Gasteiger partial charge in [-0.1, -0.05) is 23.7 Å². The zero-order valence-electron chi connectivity index (χ0n) is 8.49. The highest BCUT2D eigenvalue weighted by atomic mass is 35.5. The molecule has 1 nitrogen and oxygen atoms in total. The van der Waals surface area contributed by atoms with Crippen LogP contribution in [0, 0.1) is 0 Å². The molecule has 7 heteroatoms. The van der Waals surface area contributed by atoms with E-state index in [9.17, 15) is 22.0 Å². The molecule has 0 aromatic heterocycles. The monoisotopic (exact) mass is 273 g/mol. The molecule has 0 atom stereocenters. The quantitative estimate of drug-likeness (QED) is 0.827. The number of hydrogen-bond acceptors (Lipinski definition) is 1. The summed E-state index contributed by atoms with van der Waals surface area (Å²) in [6.45, 7) is -2.52. The molecule has 0 amide bonds. The minimum absolute atomic E-state index is 0.285. The average molecular weight is 274 g/mol. The Balaban J connectivity index is 2.59. The van der Waals surface area contributed by atoms with Crippen LogP contribution in [0.4, 0.5) is 22.0 Å². The van der Waals surface area contributed by atoms with Crippen LogP contribution >= 0.6 is 11.6 Å². The van der Waals surface area contributed by atoms with Crippen LogP contribution in [-0.4, -0.2) is 19.3 Å². The highest BCUT2D eigenvalue weighted by Gasteiger charge is 2.33. The van der Waals surface area contributed by atoms with Gasteiger partial charge in [-0.3, -0.25) is 0 Å².